The number of aliphatic hydroxyl groups is 1. The summed E-state index contributed by atoms with van der Waals surface area (Å²) in [6.07, 6.45) is 2.23. The first-order chi connectivity index (χ1) is 7.37. The second kappa shape index (κ2) is 3.91. The molecule has 3 rings (SSSR count). The molecule has 1 aliphatic carbocycles. The van der Waals surface area contributed by atoms with Crippen LogP contribution in [0.3, 0.4) is 0 Å². The zero-order chi connectivity index (χ0) is 11.9. The van der Waals surface area contributed by atoms with Crippen molar-refractivity contribution < 1.29 is 14.6 Å². The summed E-state index contributed by atoms with van der Waals surface area (Å²) in [5.74, 6) is 0.451. The normalized spacial score (nSPS) is 34.0. The van der Waals surface area contributed by atoms with Crippen LogP contribution in [0.15, 0.2) is 0 Å². The number of carbonyl (C=O) groups excluding carboxylic acids is 1. The molecule has 3 atom stereocenters. The van der Waals surface area contributed by atoms with Crippen LogP contribution in [0.4, 0.5) is 4.79 Å². The maximum absolute atomic E-state index is 11.9. The highest BCUT2D eigenvalue weighted by Crippen LogP contribution is 2.35. The second-order valence-corrected chi connectivity index (χ2v) is 5.95. The Morgan fingerprint density at radius 2 is 2.06 bits per heavy atom. The number of nitrogens with zero attached hydrogens (tertiary/aromatic N) is 1. The fourth-order valence-corrected chi connectivity index (χ4v) is 2.69. The first-order valence-corrected chi connectivity index (χ1v) is 6.04. The van der Waals surface area contributed by atoms with E-state index in [-0.39, 0.29) is 18.2 Å². The third-order valence-electron chi connectivity index (χ3n) is 3.37. The van der Waals surface area contributed by atoms with Crippen molar-refractivity contribution in [2.24, 2.45) is 5.92 Å². The third-order valence-corrected chi connectivity index (χ3v) is 3.37. The Hall–Kier alpha value is -0.770. The second-order valence-electron chi connectivity index (χ2n) is 5.95. The quantitative estimate of drug-likeness (QED) is 0.686. The number of carbonyl (C=O) groups is 1. The Kier molecular flexibility index (Phi) is 2.86. The first-order valence-electron chi connectivity index (χ1n) is 6.04. The summed E-state index contributed by atoms with van der Waals surface area (Å²) in [7, 11) is 0. The lowest BCUT2D eigenvalue weighted by atomic mass is 9.78. The number of piperidine rings is 2. The van der Waals surface area contributed by atoms with Gasteiger partial charge >= 0.3 is 6.09 Å². The molecule has 3 aliphatic rings. The van der Waals surface area contributed by atoms with Crippen molar-refractivity contribution in [1.82, 2.24) is 4.90 Å². The lowest BCUT2D eigenvalue weighted by molar-refractivity contribution is -0.0637. The Bertz CT molecular complexity index is 284. The summed E-state index contributed by atoms with van der Waals surface area (Å²) >= 11 is 0. The molecule has 0 aromatic rings. The van der Waals surface area contributed by atoms with Gasteiger partial charge < -0.3 is 14.7 Å². The molecule has 4 heteroatoms. The number of ether oxygens (including phenoxy) is 1. The summed E-state index contributed by atoms with van der Waals surface area (Å²) in [5.41, 5.74) is -0.460. The van der Waals surface area contributed by atoms with E-state index in [1.807, 2.05) is 20.8 Å². The van der Waals surface area contributed by atoms with E-state index in [1.54, 1.807) is 4.90 Å². The standard InChI is InChI=1S/C12H21NO3/c1-12(2,3)16-11(15)13-7-8-4-5-9(13)10(14)6-8/h8-10,14H,4-7H2,1-3H3. The van der Waals surface area contributed by atoms with Gasteiger partial charge in [0.1, 0.15) is 5.60 Å². The smallest absolute Gasteiger partial charge is 0.410 e. The van der Waals surface area contributed by atoms with E-state index in [0.29, 0.717) is 5.92 Å². The molecule has 16 heavy (non-hydrogen) atoms. The molecule has 2 heterocycles. The van der Waals surface area contributed by atoms with E-state index in [1.165, 1.54) is 0 Å². The Balaban J connectivity index is 2.02. The van der Waals surface area contributed by atoms with Gasteiger partial charge in [0.05, 0.1) is 12.1 Å². The van der Waals surface area contributed by atoms with E-state index >= 15 is 0 Å². The van der Waals surface area contributed by atoms with Gasteiger partial charge in [-0.3, -0.25) is 0 Å². The van der Waals surface area contributed by atoms with Gasteiger partial charge in [-0.15, -0.1) is 0 Å². The van der Waals surface area contributed by atoms with Gasteiger partial charge in [0.15, 0.2) is 0 Å². The Morgan fingerprint density at radius 3 is 2.56 bits per heavy atom. The Morgan fingerprint density at radius 1 is 1.38 bits per heavy atom. The van der Waals surface area contributed by atoms with Gasteiger partial charge in [-0.1, -0.05) is 0 Å². The number of hydrogen-bond donors (Lipinski definition) is 1. The lowest BCUT2D eigenvalue weighted by Gasteiger charge is -2.47. The molecule has 0 spiro atoms. The van der Waals surface area contributed by atoms with E-state index in [2.05, 4.69) is 0 Å². The van der Waals surface area contributed by atoms with Crippen molar-refractivity contribution >= 4 is 6.09 Å². The van der Waals surface area contributed by atoms with Crippen molar-refractivity contribution in [3.05, 3.63) is 0 Å². The molecule has 3 fully saturated rings. The summed E-state index contributed by atoms with van der Waals surface area (Å²) < 4.78 is 5.35. The maximum atomic E-state index is 11.9. The van der Waals surface area contributed by atoms with Crippen LogP contribution >= 0.6 is 0 Å². The van der Waals surface area contributed by atoms with Gasteiger partial charge in [-0.05, 0) is 46.0 Å². The van der Waals surface area contributed by atoms with Crippen LogP contribution in [0.2, 0.25) is 0 Å². The van der Waals surface area contributed by atoms with Gasteiger partial charge in [-0.25, -0.2) is 4.79 Å². The van der Waals surface area contributed by atoms with Crippen LogP contribution in [-0.2, 0) is 4.74 Å². The third kappa shape index (κ3) is 2.32. The first kappa shape index (κ1) is 11.7. The maximum Gasteiger partial charge on any atom is 0.410 e. The van der Waals surface area contributed by atoms with E-state index in [0.717, 1.165) is 25.8 Å². The van der Waals surface area contributed by atoms with Crippen molar-refractivity contribution in [3.63, 3.8) is 0 Å². The molecule has 0 aromatic heterocycles. The molecule has 4 nitrogen and oxygen atoms in total. The molecule has 3 unspecified atom stereocenters. The van der Waals surface area contributed by atoms with Crippen LogP contribution in [0.1, 0.15) is 40.0 Å². The number of amides is 1. The summed E-state index contributed by atoms with van der Waals surface area (Å²) in [5, 5.41) is 9.87. The SMILES string of the molecule is CC(C)(C)OC(=O)N1CC2CCC1C(O)C2. The molecular weight excluding hydrogens is 206 g/mol. The molecule has 2 bridgehead atoms. The van der Waals surface area contributed by atoms with E-state index < -0.39 is 5.60 Å². The van der Waals surface area contributed by atoms with Crippen molar-refractivity contribution in [2.75, 3.05) is 6.54 Å². The zero-order valence-electron chi connectivity index (χ0n) is 10.3. The van der Waals surface area contributed by atoms with Crippen LogP contribution in [-0.4, -0.2) is 40.4 Å². The molecule has 1 amide bonds. The average molecular weight is 227 g/mol. The molecule has 0 aromatic carbocycles. The number of fused-ring (bicyclic) bond motifs is 3. The minimum absolute atomic E-state index is 0.0279. The molecule has 2 aliphatic heterocycles. The van der Waals surface area contributed by atoms with E-state index in [9.17, 15) is 9.90 Å². The average Bonchev–Trinajstić information content (AvgIpc) is 2.15. The van der Waals surface area contributed by atoms with Gasteiger partial charge in [0, 0.05) is 6.54 Å². The fourth-order valence-electron chi connectivity index (χ4n) is 2.69. The van der Waals surface area contributed by atoms with Gasteiger partial charge in [0.2, 0.25) is 0 Å². The molecule has 1 saturated carbocycles. The molecule has 1 N–H and O–H groups in total. The highest BCUT2D eigenvalue weighted by Gasteiger charge is 2.43. The fraction of sp³-hybridized carbons (Fsp3) is 0.917. The van der Waals surface area contributed by atoms with Crippen molar-refractivity contribution in [1.29, 1.82) is 0 Å². The zero-order valence-corrected chi connectivity index (χ0v) is 10.3. The Labute approximate surface area is 96.6 Å². The van der Waals surface area contributed by atoms with Crippen LogP contribution < -0.4 is 0 Å². The predicted octanol–water partition coefficient (Wildman–Crippen LogP) is 1.77. The van der Waals surface area contributed by atoms with Crippen LogP contribution in [0, 0.1) is 5.92 Å². The number of hydrogen-bond acceptors (Lipinski definition) is 3. The van der Waals surface area contributed by atoms with Crippen LogP contribution in [0.25, 0.3) is 0 Å². The van der Waals surface area contributed by atoms with Gasteiger partial charge in [-0.2, -0.15) is 0 Å². The molecular formula is C12H21NO3. The highest BCUT2D eigenvalue weighted by atomic mass is 16.6. The largest absolute Gasteiger partial charge is 0.444 e. The number of aliphatic hydroxyl groups excluding tert-OH is 1. The summed E-state index contributed by atoms with van der Waals surface area (Å²) in [6.45, 7) is 6.34. The highest BCUT2D eigenvalue weighted by molar-refractivity contribution is 5.69. The van der Waals surface area contributed by atoms with Crippen molar-refractivity contribution in [3.8, 4) is 0 Å². The molecule has 2 saturated heterocycles. The van der Waals surface area contributed by atoms with Gasteiger partial charge in [0.25, 0.3) is 0 Å². The number of rotatable bonds is 0. The topological polar surface area (TPSA) is 49.8 Å². The monoisotopic (exact) mass is 227 g/mol. The molecule has 0 radical (unpaired) electrons. The summed E-state index contributed by atoms with van der Waals surface area (Å²) in [4.78, 5) is 13.7. The molecule has 92 valence electrons. The predicted molar refractivity (Wildman–Crippen MR) is 60.1 cm³/mol. The minimum Gasteiger partial charge on any atom is -0.444 e. The van der Waals surface area contributed by atoms with Crippen molar-refractivity contribution in [2.45, 2.75) is 57.8 Å². The van der Waals surface area contributed by atoms with Crippen LogP contribution in [0.5, 0.6) is 0 Å². The minimum atomic E-state index is -0.460. The van der Waals surface area contributed by atoms with E-state index in [4.69, 9.17) is 4.74 Å². The lowest BCUT2D eigenvalue weighted by Crippen LogP contribution is -2.58. The summed E-state index contributed by atoms with van der Waals surface area (Å²) in [6, 6.07) is -0.0279.